The van der Waals surface area contributed by atoms with Crippen molar-refractivity contribution in [1.82, 2.24) is 10.3 Å². The summed E-state index contributed by atoms with van der Waals surface area (Å²) in [4.78, 5) is 18.0. The molecule has 2 heterocycles. The predicted molar refractivity (Wildman–Crippen MR) is 67.8 cm³/mol. The average Bonchev–Trinajstić information content (AvgIpc) is 2.38. The number of amides is 1. The van der Waals surface area contributed by atoms with E-state index in [9.17, 15) is 4.79 Å². The van der Waals surface area contributed by atoms with E-state index < -0.39 is 0 Å². The SMILES string of the molecule is CC1CCNC(C(=O)N(C)c2cccnc2)C1. The lowest BCUT2D eigenvalue weighted by molar-refractivity contribution is -0.121. The van der Waals surface area contributed by atoms with Gasteiger partial charge in [0.25, 0.3) is 0 Å². The van der Waals surface area contributed by atoms with Crippen molar-refractivity contribution in [1.29, 1.82) is 0 Å². The van der Waals surface area contributed by atoms with Gasteiger partial charge in [0, 0.05) is 13.2 Å². The maximum atomic E-state index is 12.3. The first-order valence-electron chi connectivity index (χ1n) is 6.09. The van der Waals surface area contributed by atoms with Crippen molar-refractivity contribution >= 4 is 11.6 Å². The van der Waals surface area contributed by atoms with Gasteiger partial charge in [-0.2, -0.15) is 0 Å². The van der Waals surface area contributed by atoms with Gasteiger partial charge >= 0.3 is 0 Å². The van der Waals surface area contributed by atoms with Crippen molar-refractivity contribution in [3.8, 4) is 0 Å². The van der Waals surface area contributed by atoms with Gasteiger partial charge in [-0.05, 0) is 37.4 Å². The van der Waals surface area contributed by atoms with E-state index in [-0.39, 0.29) is 11.9 Å². The first-order valence-corrected chi connectivity index (χ1v) is 6.09. The number of anilines is 1. The van der Waals surface area contributed by atoms with Gasteiger partial charge < -0.3 is 10.2 Å². The Morgan fingerprint density at radius 2 is 2.41 bits per heavy atom. The maximum absolute atomic E-state index is 12.3. The third-order valence-electron chi connectivity index (χ3n) is 3.33. The molecule has 2 atom stereocenters. The molecule has 0 saturated carbocycles. The normalized spacial score (nSPS) is 24.4. The molecule has 4 heteroatoms. The molecule has 1 aromatic rings. The second-order valence-electron chi connectivity index (χ2n) is 4.74. The van der Waals surface area contributed by atoms with Crippen molar-refractivity contribution in [2.75, 3.05) is 18.5 Å². The molecule has 2 unspecified atom stereocenters. The minimum Gasteiger partial charge on any atom is -0.313 e. The zero-order chi connectivity index (χ0) is 12.3. The largest absolute Gasteiger partial charge is 0.313 e. The molecule has 1 amide bonds. The second kappa shape index (κ2) is 5.27. The summed E-state index contributed by atoms with van der Waals surface area (Å²) in [6.07, 6.45) is 5.50. The second-order valence-corrected chi connectivity index (χ2v) is 4.74. The lowest BCUT2D eigenvalue weighted by Gasteiger charge is -2.30. The highest BCUT2D eigenvalue weighted by Gasteiger charge is 2.27. The summed E-state index contributed by atoms with van der Waals surface area (Å²) in [5, 5.41) is 3.29. The molecule has 0 aromatic carbocycles. The molecule has 0 bridgehead atoms. The molecule has 2 rings (SSSR count). The van der Waals surface area contributed by atoms with E-state index in [0.717, 1.165) is 25.1 Å². The molecule has 4 nitrogen and oxygen atoms in total. The molecule has 1 aliphatic heterocycles. The topological polar surface area (TPSA) is 45.2 Å². The number of pyridine rings is 1. The smallest absolute Gasteiger partial charge is 0.243 e. The number of carbonyl (C=O) groups excluding carboxylic acids is 1. The first-order chi connectivity index (χ1) is 8.18. The summed E-state index contributed by atoms with van der Waals surface area (Å²) in [6, 6.07) is 3.69. The van der Waals surface area contributed by atoms with E-state index in [1.165, 1.54) is 0 Å². The van der Waals surface area contributed by atoms with Gasteiger partial charge in [0.05, 0.1) is 17.9 Å². The van der Waals surface area contributed by atoms with Crippen LogP contribution in [0.2, 0.25) is 0 Å². The van der Waals surface area contributed by atoms with Crippen molar-refractivity contribution in [3.63, 3.8) is 0 Å². The monoisotopic (exact) mass is 233 g/mol. The standard InChI is InChI=1S/C13H19N3O/c1-10-5-7-15-12(8-10)13(17)16(2)11-4-3-6-14-9-11/h3-4,6,9-10,12,15H,5,7-8H2,1-2H3. The Bertz CT molecular complexity index is 380. The Kier molecular flexibility index (Phi) is 3.74. The van der Waals surface area contributed by atoms with Crippen LogP contribution in [0.15, 0.2) is 24.5 Å². The number of piperidine rings is 1. The summed E-state index contributed by atoms with van der Waals surface area (Å²) >= 11 is 0. The molecule has 17 heavy (non-hydrogen) atoms. The van der Waals surface area contributed by atoms with E-state index in [1.807, 2.05) is 12.1 Å². The Hall–Kier alpha value is -1.42. The average molecular weight is 233 g/mol. The van der Waals surface area contributed by atoms with Crippen LogP contribution in [-0.2, 0) is 4.79 Å². The molecule has 1 aromatic heterocycles. The zero-order valence-corrected chi connectivity index (χ0v) is 10.4. The lowest BCUT2D eigenvalue weighted by Crippen LogP contribution is -2.49. The van der Waals surface area contributed by atoms with Crippen LogP contribution in [0.5, 0.6) is 0 Å². The zero-order valence-electron chi connectivity index (χ0n) is 10.4. The summed E-state index contributed by atoms with van der Waals surface area (Å²) in [5.74, 6) is 0.747. The number of hydrogen-bond donors (Lipinski definition) is 1. The van der Waals surface area contributed by atoms with Gasteiger partial charge in [0.2, 0.25) is 5.91 Å². The van der Waals surface area contributed by atoms with Crippen LogP contribution >= 0.6 is 0 Å². The first kappa shape index (κ1) is 12.0. The number of nitrogens with zero attached hydrogens (tertiary/aromatic N) is 2. The van der Waals surface area contributed by atoms with Crippen molar-refractivity contribution in [2.45, 2.75) is 25.8 Å². The number of carbonyl (C=O) groups is 1. The quantitative estimate of drug-likeness (QED) is 0.840. The van der Waals surface area contributed by atoms with Gasteiger partial charge in [0.15, 0.2) is 0 Å². The molecule has 0 spiro atoms. The third kappa shape index (κ3) is 2.82. The molecular weight excluding hydrogens is 214 g/mol. The summed E-state index contributed by atoms with van der Waals surface area (Å²) < 4.78 is 0. The van der Waals surface area contributed by atoms with E-state index in [0.29, 0.717) is 5.92 Å². The molecule has 92 valence electrons. The number of aromatic nitrogens is 1. The fraction of sp³-hybridized carbons (Fsp3) is 0.538. The third-order valence-corrected chi connectivity index (χ3v) is 3.33. The van der Waals surface area contributed by atoms with Gasteiger partial charge in [0.1, 0.15) is 0 Å². The molecule has 1 aliphatic rings. The number of nitrogens with one attached hydrogen (secondary N) is 1. The van der Waals surface area contributed by atoms with Crippen LogP contribution in [-0.4, -0.2) is 30.5 Å². The van der Waals surface area contributed by atoms with Crippen LogP contribution in [0, 0.1) is 5.92 Å². The predicted octanol–water partition coefficient (Wildman–Crippen LogP) is 1.43. The van der Waals surface area contributed by atoms with Gasteiger partial charge in [-0.3, -0.25) is 9.78 Å². The highest BCUT2D eigenvalue weighted by Crippen LogP contribution is 2.18. The van der Waals surface area contributed by atoms with Crippen molar-refractivity contribution in [2.24, 2.45) is 5.92 Å². The molecule has 0 aliphatic carbocycles. The molecule has 1 saturated heterocycles. The highest BCUT2D eigenvalue weighted by atomic mass is 16.2. The number of hydrogen-bond acceptors (Lipinski definition) is 3. The summed E-state index contributed by atoms with van der Waals surface area (Å²) in [5.41, 5.74) is 0.845. The summed E-state index contributed by atoms with van der Waals surface area (Å²) in [6.45, 7) is 3.13. The van der Waals surface area contributed by atoms with Crippen molar-refractivity contribution < 1.29 is 4.79 Å². The minimum atomic E-state index is -0.0519. The van der Waals surface area contributed by atoms with Crippen molar-refractivity contribution in [3.05, 3.63) is 24.5 Å². The van der Waals surface area contributed by atoms with Crippen LogP contribution in [0.1, 0.15) is 19.8 Å². The Balaban J connectivity index is 2.04. The molecule has 0 radical (unpaired) electrons. The Morgan fingerprint density at radius 3 is 3.06 bits per heavy atom. The van der Waals surface area contributed by atoms with Crippen LogP contribution in [0.25, 0.3) is 0 Å². The van der Waals surface area contributed by atoms with E-state index in [1.54, 1.807) is 24.3 Å². The molecular formula is C13H19N3O. The molecule has 1 N–H and O–H groups in total. The van der Waals surface area contributed by atoms with E-state index in [2.05, 4.69) is 17.2 Å². The summed E-state index contributed by atoms with van der Waals surface area (Å²) in [7, 11) is 1.81. The van der Waals surface area contributed by atoms with E-state index in [4.69, 9.17) is 0 Å². The number of likely N-dealkylation sites (N-methyl/N-ethyl adjacent to an activating group) is 1. The lowest BCUT2D eigenvalue weighted by atomic mass is 9.93. The fourth-order valence-corrected chi connectivity index (χ4v) is 2.21. The van der Waals surface area contributed by atoms with Gasteiger partial charge in [-0.25, -0.2) is 0 Å². The van der Waals surface area contributed by atoms with Crippen LogP contribution in [0.4, 0.5) is 5.69 Å². The number of rotatable bonds is 2. The Labute approximate surface area is 102 Å². The van der Waals surface area contributed by atoms with Gasteiger partial charge in [-0.1, -0.05) is 6.92 Å². The Morgan fingerprint density at radius 1 is 1.59 bits per heavy atom. The maximum Gasteiger partial charge on any atom is 0.243 e. The molecule has 1 fully saturated rings. The minimum absolute atomic E-state index is 0.0519. The van der Waals surface area contributed by atoms with Gasteiger partial charge in [-0.15, -0.1) is 0 Å². The van der Waals surface area contributed by atoms with E-state index >= 15 is 0 Å². The highest BCUT2D eigenvalue weighted by molar-refractivity contribution is 5.96. The fourth-order valence-electron chi connectivity index (χ4n) is 2.21. The van der Waals surface area contributed by atoms with Crippen LogP contribution < -0.4 is 10.2 Å². The van der Waals surface area contributed by atoms with Crippen LogP contribution in [0.3, 0.4) is 0 Å².